The number of carbonyl (C=O) groups is 3. The van der Waals surface area contributed by atoms with Gasteiger partial charge in [-0.1, -0.05) is 37.3 Å². The lowest BCUT2D eigenvalue weighted by Crippen LogP contribution is -2.35. The molecule has 0 amide bonds. The maximum atomic E-state index is 12.8. The number of rotatable bonds is 5. The fraction of sp³-hybridized carbons (Fsp3) is 0.286. The summed E-state index contributed by atoms with van der Waals surface area (Å²) in [4.78, 5) is 36.4. The van der Waals surface area contributed by atoms with E-state index >= 15 is 0 Å². The van der Waals surface area contributed by atoms with Crippen molar-refractivity contribution in [1.82, 2.24) is 0 Å². The van der Waals surface area contributed by atoms with E-state index in [0.717, 1.165) is 0 Å². The molecule has 2 aromatic rings. The molecule has 0 aromatic heterocycles. The fourth-order valence-electron chi connectivity index (χ4n) is 3.62. The summed E-state index contributed by atoms with van der Waals surface area (Å²) in [6.07, 6.45) is -0.125. The van der Waals surface area contributed by atoms with Crippen molar-refractivity contribution in [3.63, 3.8) is 0 Å². The predicted molar refractivity (Wildman–Crippen MR) is 102 cm³/mol. The second-order valence-electron chi connectivity index (χ2n) is 7.09. The highest BCUT2D eigenvalue weighted by Crippen LogP contribution is 2.38. The maximum absolute atomic E-state index is 12.8. The molecule has 2 aliphatic rings. The number of esters is 2. The van der Waals surface area contributed by atoms with Crippen molar-refractivity contribution < 1.29 is 33.5 Å². The van der Waals surface area contributed by atoms with E-state index in [1.807, 2.05) is 0 Å². The van der Waals surface area contributed by atoms with Crippen LogP contribution in [-0.4, -0.2) is 29.9 Å². The maximum Gasteiger partial charge on any atom is 0.526 e. The van der Waals surface area contributed by atoms with E-state index in [1.165, 1.54) is 6.07 Å². The minimum atomic E-state index is -1.20. The molecule has 29 heavy (non-hydrogen) atoms. The number of cyclic esters (lactones) is 1. The number of ether oxygens (including phenoxy) is 2. The van der Waals surface area contributed by atoms with Crippen molar-refractivity contribution in [2.45, 2.75) is 38.3 Å². The SMILES string of the molecule is CCC(=O)C[C@H]1Cc2cccc(C(=O)OC3OC(=O)c4ccccc43)c2OB1O. The molecule has 0 saturated carbocycles. The molecule has 0 aliphatic carbocycles. The van der Waals surface area contributed by atoms with Crippen molar-refractivity contribution >= 4 is 24.8 Å². The van der Waals surface area contributed by atoms with Gasteiger partial charge >= 0.3 is 19.1 Å². The van der Waals surface area contributed by atoms with Crippen LogP contribution < -0.4 is 4.65 Å². The van der Waals surface area contributed by atoms with Crippen LogP contribution in [0.25, 0.3) is 0 Å². The normalized spacial score (nSPS) is 19.7. The molecule has 2 aliphatic heterocycles. The summed E-state index contributed by atoms with van der Waals surface area (Å²) in [7, 11) is -1.20. The van der Waals surface area contributed by atoms with E-state index in [4.69, 9.17) is 14.1 Å². The fourth-order valence-corrected chi connectivity index (χ4v) is 3.62. The Morgan fingerprint density at radius 1 is 1.21 bits per heavy atom. The van der Waals surface area contributed by atoms with Crippen LogP contribution in [0.1, 0.15) is 57.9 Å². The first-order valence-electron chi connectivity index (χ1n) is 9.47. The third-order valence-corrected chi connectivity index (χ3v) is 5.19. The van der Waals surface area contributed by atoms with Crippen molar-refractivity contribution in [3.8, 4) is 5.75 Å². The number of benzene rings is 2. The Morgan fingerprint density at radius 2 is 2.00 bits per heavy atom. The number of Topliss-reactive ketones (excluding diaryl/α,β-unsaturated/α-hetero) is 1. The van der Waals surface area contributed by atoms with Crippen molar-refractivity contribution in [2.75, 3.05) is 0 Å². The second kappa shape index (κ2) is 7.71. The Labute approximate surface area is 167 Å². The standard InChI is InChI=1S/C21H19BO7/c1-2-14(23)11-13-10-12-6-5-9-17(18(12)29-22(13)26)20(25)28-21-16-8-4-3-7-15(16)19(24)27-21/h3-9,13,21,26H,2,10-11H2,1H3/t13-,21?/m1/s1. The van der Waals surface area contributed by atoms with Gasteiger partial charge in [-0.3, -0.25) is 4.79 Å². The first-order valence-corrected chi connectivity index (χ1v) is 9.47. The Balaban J connectivity index is 1.55. The highest BCUT2D eigenvalue weighted by molar-refractivity contribution is 6.47. The number of carbonyl (C=O) groups excluding carboxylic acids is 3. The predicted octanol–water partition coefficient (Wildman–Crippen LogP) is 2.87. The van der Waals surface area contributed by atoms with E-state index in [1.54, 1.807) is 43.3 Å². The molecule has 1 unspecified atom stereocenters. The molecule has 0 radical (unpaired) electrons. The lowest BCUT2D eigenvalue weighted by atomic mass is 9.64. The van der Waals surface area contributed by atoms with Gasteiger partial charge in [0.1, 0.15) is 17.1 Å². The van der Waals surface area contributed by atoms with E-state index < -0.39 is 25.3 Å². The molecule has 0 spiro atoms. The second-order valence-corrected chi connectivity index (χ2v) is 7.09. The molecule has 8 heteroatoms. The molecule has 148 valence electrons. The first-order chi connectivity index (χ1) is 14.0. The van der Waals surface area contributed by atoms with Crippen LogP contribution in [-0.2, 0) is 20.7 Å². The molecule has 7 nitrogen and oxygen atoms in total. The highest BCUT2D eigenvalue weighted by Gasteiger charge is 2.39. The molecule has 2 aromatic carbocycles. The van der Waals surface area contributed by atoms with Crippen molar-refractivity contribution in [2.24, 2.45) is 0 Å². The third-order valence-electron chi connectivity index (χ3n) is 5.19. The van der Waals surface area contributed by atoms with E-state index in [9.17, 15) is 19.4 Å². The highest BCUT2D eigenvalue weighted by atomic mass is 16.7. The molecule has 2 heterocycles. The minimum Gasteiger partial charge on any atom is -0.535 e. The first kappa shape index (κ1) is 19.2. The number of hydrogen-bond acceptors (Lipinski definition) is 7. The van der Waals surface area contributed by atoms with Gasteiger partial charge in [-0.15, -0.1) is 0 Å². The Morgan fingerprint density at radius 3 is 2.79 bits per heavy atom. The summed E-state index contributed by atoms with van der Waals surface area (Å²) in [6, 6.07) is 11.7. The lowest BCUT2D eigenvalue weighted by molar-refractivity contribution is -0.119. The van der Waals surface area contributed by atoms with Crippen LogP contribution in [0.4, 0.5) is 0 Å². The van der Waals surface area contributed by atoms with Crippen LogP contribution in [0, 0.1) is 0 Å². The van der Waals surface area contributed by atoms with Gasteiger partial charge in [-0.2, -0.15) is 0 Å². The van der Waals surface area contributed by atoms with Gasteiger partial charge in [0.2, 0.25) is 0 Å². The van der Waals surface area contributed by atoms with Crippen LogP contribution in [0.15, 0.2) is 42.5 Å². The Bertz CT molecular complexity index is 987. The molecule has 4 rings (SSSR count). The molecule has 2 atom stereocenters. The number of para-hydroxylation sites is 1. The van der Waals surface area contributed by atoms with Gasteiger partial charge in [-0.25, -0.2) is 9.59 Å². The summed E-state index contributed by atoms with van der Waals surface area (Å²) in [5, 5.41) is 10.3. The van der Waals surface area contributed by atoms with Gasteiger partial charge in [0, 0.05) is 24.2 Å². The largest absolute Gasteiger partial charge is 0.535 e. The van der Waals surface area contributed by atoms with Gasteiger partial charge in [0.15, 0.2) is 0 Å². The molecular weight excluding hydrogens is 375 g/mol. The Hall–Kier alpha value is -3.13. The lowest BCUT2D eigenvalue weighted by Gasteiger charge is -2.28. The molecular formula is C21H19BO7. The number of hydrogen-bond donors (Lipinski definition) is 1. The van der Waals surface area contributed by atoms with Gasteiger partial charge < -0.3 is 19.2 Å². The van der Waals surface area contributed by atoms with Crippen LogP contribution >= 0.6 is 0 Å². The topological polar surface area (TPSA) is 99.1 Å². The van der Waals surface area contributed by atoms with E-state index in [0.29, 0.717) is 29.5 Å². The summed E-state index contributed by atoms with van der Waals surface area (Å²) < 4.78 is 16.2. The van der Waals surface area contributed by atoms with Crippen LogP contribution in [0.2, 0.25) is 5.82 Å². The third kappa shape index (κ3) is 3.63. The van der Waals surface area contributed by atoms with Gasteiger partial charge in [0.25, 0.3) is 6.29 Å². The molecule has 0 bridgehead atoms. The average Bonchev–Trinajstić information content (AvgIpc) is 3.03. The van der Waals surface area contributed by atoms with Crippen LogP contribution in [0.3, 0.4) is 0 Å². The van der Waals surface area contributed by atoms with E-state index in [2.05, 4.69) is 0 Å². The quantitative estimate of drug-likeness (QED) is 0.615. The van der Waals surface area contributed by atoms with Crippen LogP contribution in [0.5, 0.6) is 5.75 Å². The zero-order chi connectivity index (χ0) is 20.5. The zero-order valence-corrected chi connectivity index (χ0v) is 15.8. The molecule has 0 fully saturated rings. The van der Waals surface area contributed by atoms with Gasteiger partial charge in [-0.05, 0) is 24.1 Å². The molecule has 0 saturated heterocycles. The summed E-state index contributed by atoms with van der Waals surface area (Å²) in [5.41, 5.74) is 1.68. The summed E-state index contributed by atoms with van der Waals surface area (Å²) in [6.45, 7) is 1.77. The minimum absolute atomic E-state index is 0.0402. The van der Waals surface area contributed by atoms with E-state index in [-0.39, 0.29) is 29.3 Å². The van der Waals surface area contributed by atoms with Gasteiger partial charge in [0.05, 0.1) is 5.56 Å². The smallest absolute Gasteiger partial charge is 0.526 e. The van der Waals surface area contributed by atoms with Crippen molar-refractivity contribution in [1.29, 1.82) is 0 Å². The number of ketones is 1. The monoisotopic (exact) mass is 394 g/mol. The van der Waals surface area contributed by atoms with Crippen molar-refractivity contribution in [3.05, 3.63) is 64.7 Å². The molecule has 1 N–H and O–H groups in total. The average molecular weight is 394 g/mol. The Kier molecular flexibility index (Phi) is 5.11. The summed E-state index contributed by atoms with van der Waals surface area (Å²) in [5.74, 6) is -1.39. The number of fused-ring (bicyclic) bond motifs is 2. The zero-order valence-electron chi connectivity index (χ0n) is 15.8. The summed E-state index contributed by atoms with van der Waals surface area (Å²) >= 11 is 0.